The summed E-state index contributed by atoms with van der Waals surface area (Å²) in [6.45, 7) is 14.0. The molecule has 1 saturated heterocycles. The van der Waals surface area contributed by atoms with Gasteiger partial charge in [0.2, 0.25) is 0 Å². The SMILES string of the molecule is CCC(C)(C)NCC(C)N1CCCCC1C. The molecule has 0 saturated carbocycles. The summed E-state index contributed by atoms with van der Waals surface area (Å²) in [6.07, 6.45) is 5.36. The normalized spacial score (nSPS) is 25.7. The van der Waals surface area contributed by atoms with E-state index < -0.39 is 0 Å². The Balaban J connectivity index is 2.36. The molecular weight excluding hydrogens is 196 g/mol. The third kappa shape index (κ3) is 4.06. The van der Waals surface area contributed by atoms with Gasteiger partial charge < -0.3 is 5.32 Å². The molecule has 0 aromatic carbocycles. The minimum Gasteiger partial charge on any atom is -0.310 e. The van der Waals surface area contributed by atoms with Gasteiger partial charge in [-0.05, 0) is 53.5 Å². The molecule has 2 nitrogen and oxygen atoms in total. The van der Waals surface area contributed by atoms with Crippen LogP contribution in [0.5, 0.6) is 0 Å². The summed E-state index contributed by atoms with van der Waals surface area (Å²) >= 11 is 0. The van der Waals surface area contributed by atoms with E-state index in [4.69, 9.17) is 0 Å². The number of hydrogen-bond acceptors (Lipinski definition) is 2. The second-order valence-corrected chi connectivity index (χ2v) is 6.05. The Bertz CT molecular complexity index is 201. The van der Waals surface area contributed by atoms with Crippen LogP contribution in [0.1, 0.15) is 60.3 Å². The van der Waals surface area contributed by atoms with Gasteiger partial charge in [0.15, 0.2) is 0 Å². The van der Waals surface area contributed by atoms with Gasteiger partial charge in [0.1, 0.15) is 0 Å². The van der Waals surface area contributed by atoms with Gasteiger partial charge in [-0.15, -0.1) is 0 Å². The summed E-state index contributed by atoms with van der Waals surface area (Å²) in [4.78, 5) is 2.67. The first-order valence-corrected chi connectivity index (χ1v) is 6.97. The van der Waals surface area contributed by atoms with Crippen molar-refractivity contribution in [3.8, 4) is 0 Å². The van der Waals surface area contributed by atoms with Crippen molar-refractivity contribution in [2.24, 2.45) is 0 Å². The van der Waals surface area contributed by atoms with Crippen molar-refractivity contribution in [2.75, 3.05) is 13.1 Å². The Labute approximate surface area is 102 Å². The lowest BCUT2D eigenvalue weighted by molar-refractivity contribution is 0.108. The molecule has 1 heterocycles. The molecule has 0 radical (unpaired) electrons. The van der Waals surface area contributed by atoms with E-state index in [0.29, 0.717) is 6.04 Å². The molecule has 2 heteroatoms. The van der Waals surface area contributed by atoms with Crippen LogP contribution >= 0.6 is 0 Å². The van der Waals surface area contributed by atoms with E-state index >= 15 is 0 Å². The predicted octanol–water partition coefficient (Wildman–Crippen LogP) is 3.03. The zero-order valence-corrected chi connectivity index (χ0v) is 11.8. The first-order chi connectivity index (χ1) is 7.46. The molecule has 0 amide bonds. The van der Waals surface area contributed by atoms with Crippen molar-refractivity contribution >= 4 is 0 Å². The molecule has 0 aliphatic carbocycles. The molecule has 1 N–H and O–H groups in total. The molecule has 96 valence electrons. The number of nitrogens with one attached hydrogen (secondary N) is 1. The molecule has 2 atom stereocenters. The summed E-state index contributed by atoms with van der Waals surface area (Å²) in [5.74, 6) is 0. The summed E-state index contributed by atoms with van der Waals surface area (Å²) in [6, 6.07) is 1.44. The molecule has 0 aromatic heterocycles. The molecule has 1 rings (SSSR count). The Hall–Kier alpha value is -0.0800. The van der Waals surface area contributed by atoms with E-state index in [0.717, 1.165) is 12.6 Å². The minimum absolute atomic E-state index is 0.285. The van der Waals surface area contributed by atoms with Gasteiger partial charge in [-0.25, -0.2) is 0 Å². The van der Waals surface area contributed by atoms with Gasteiger partial charge in [-0.3, -0.25) is 4.90 Å². The first-order valence-electron chi connectivity index (χ1n) is 6.97. The number of hydrogen-bond donors (Lipinski definition) is 1. The lowest BCUT2D eigenvalue weighted by Gasteiger charge is -2.39. The smallest absolute Gasteiger partial charge is 0.0195 e. The Morgan fingerprint density at radius 2 is 2.06 bits per heavy atom. The van der Waals surface area contributed by atoms with E-state index in [-0.39, 0.29) is 5.54 Å². The molecule has 2 unspecified atom stereocenters. The van der Waals surface area contributed by atoms with Gasteiger partial charge in [-0.2, -0.15) is 0 Å². The minimum atomic E-state index is 0.285. The molecule has 1 aliphatic rings. The van der Waals surface area contributed by atoms with Crippen molar-refractivity contribution in [3.05, 3.63) is 0 Å². The number of rotatable bonds is 5. The van der Waals surface area contributed by atoms with E-state index in [9.17, 15) is 0 Å². The highest BCUT2D eigenvalue weighted by Gasteiger charge is 2.24. The Morgan fingerprint density at radius 1 is 1.38 bits per heavy atom. The average Bonchev–Trinajstić information content (AvgIpc) is 2.27. The van der Waals surface area contributed by atoms with Gasteiger partial charge in [0, 0.05) is 24.2 Å². The Morgan fingerprint density at radius 3 is 2.62 bits per heavy atom. The summed E-state index contributed by atoms with van der Waals surface area (Å²) < 4.78 is 0. The van der Waals surface area contributed by atoms with E-state index in [2.05, 4.69) is 44.8 Å². The lowest BCUT2D eigenvalue weighted by Crippen LogP contribution is -2.51. The monoisotopic (exact) mass is 226 g/mol. The number of likely N-dealkylation sites (tertiary alicyclic amines) is 1. The molecule has 16 heavy (non-hydrogen) atoms. The highest BCUT2D eigenvalue weighted by Crippen LogP contribution is 2.19. The zero-order valence-electron chi connectivity index (χ0n) is 11.8. The van der Waals surface area contributed by atoms with Crippen LogP contribution in [0, 0.1) is 0 Å². The van der Waals surface area contributed by atoms with Crippen molar-refractivity contribution in [2.45, 2.75) is 77.9 Å². The van der Waals surface area contributed by atoms with Crippen molar-refractivity contribution in [3.63, 3.8) is 0 Å². The summed E-state index contributed by atoms with van der Waals surface area (Å²) in [5, 5.41) is 3.68. The number of nitrogens with zero attached hydrogens (tertiary/aromatic N) is 1. The average molecular weight is 226 g/mol. The van der Waals surface area contributed by atoms with Crippen LogP contribution in [0.4, 0.5) is 0 Å². The maximum absolute atomic E-state index is 3.68. The van der Waals surface area contributed by atoms with Crippen LogP contribution in [0.3, 0.4) is 0 Å². The second-order valence-electron chi connectivity index (χ2n) is 6.05. The molecule has 1 fully saturated rings. The van der Waals surface area contributed by atoms with Gasteiger partial charge in [0.05, 0.1) is 0 Å². The van der Waals surface area contributed by atoms with Crippen molar-refractivity contribution in [1.82, 2.24) is 10.2 Å². The maximum Gasteiger partial charge on any atom is 0.0195 e. The molecule has 0 spiro atoms. The molecule has 0 aromatic rings. The summed E-state index contributed by atoms with van der Waals surface area (Å²) in [5.41, 5.74) is 0.285. The zero-order chi connectivity index (χ0) is 12.2. The van der Waals surface area contributed by atoms with Crippen molar-refractivity contribution in [1.29, 1.82) is 0 Å². The fraction of sp³-hybridized carbons (Fsp3) is 1.00. The van der Waals surface area contributed by atoms with Gasteiger partial charge in [-0.1, -0.05) is 13.3 Å². The third-order valence-electron chi connectivity index (χ3n) is 4.18. The fourth-order valence-electron chi connectivity index (χ4n) is 2.44. The van der Waals surface area contributed by atoms with Crippen LogP contribution in [-0.2, 0) is 0 Å². The molecular formula is C14H30N2. The van der Waals surface area contributed by atoms with Crippen LogP contribution in [0.2, 0.25) is 0 Å². The molecule has 1 aliphatic heterocycles. The first kappa shape index (κ1) is 14.0. The quantitative estimate of drug-likeness (QED) is 0.775. The second kappa shape index (κ2) is 6.02. The topological polar surface area (TPSA) is 15.3 Å². The highest BCUT2D eigenvalue weighted by molar-refractivity contribution is 4.82. The van der Waals surface area contributed by atoms with E-state index in [1.807, 2.05) is 0 Å². The maximum atomic E-state index is 3.68. The predicted molar refractivity (Wildman–Crippen MR) is 71.9 cm³/mol. The van der Waals surface area contributed by atoms with Crippen LogP contribution in [0.25, 0.3) is 0 Å². The van der Waals surface area contributed by atoms with Crippen LogP contribution in [-0.4, -0.2) is 35.6 Å². The molecule has 0 bridgehead atoms. The summed E-state index contributed by atoms with van der Waals surface area (Å²) in [7, 11) is 0. The van der Waals surface area contributed by atoms with Crippen LogP contribution in [0.15, 0.2) is 0 Å². The third-order valence-corrected chi connectivity index (χ3v) is 4.18. The van der Waals surface area contributed by atoms with Gasteiger partial charge in [0.25, 0.3) is 0 Å². The van der Waals surface area contributed by atoms with Gasteiger partial charge >= 0.3 is 0 Å². The van der Waals surface area contributed by atoms with E-state index in [1.54, 1.807) is 0 Å². The standard InChI is InChI=1S/C14H30N2/c1-6-14(4,5)15-11-13(3)16-10-8-7-9-12(16)2/h12-13,15H,6-11H2,1-5H3. The number of piperidine rings is 1. The lowest BCUT2D eigenvalue weighted by atomic mass is 9.99. The van der Waals surface area contributed by atoms with Crippen molar-refractivity contribution < 1.29 is 0 Å². The van der Waals surface area contributed by atoms with Crippen LogP contribution < -0.4 is 5.32 Å². The fourth-order valence-corrected chi connectivity index (χ4v) is 2.44. The van der Waals surface area contributed by atoms with E-state index in [1.165, 1.54) is 32.2 Å². The highest BCUT2D eigenvalue weighted by atomic mass is 15.2. The largest absolute Gasteiger partial charge is 0.310 e. The Kier molecular flexibility index (Phi) is 5.26.